The highest BCUT2D eigenvalue weighted by atomic mass is 16.2. The van der Waals surface area contributed by atoms with Crippen LogP contribution in [0.2, 0.25) is 0 Å². The van der Waals surface area contributed by atoms with Crippen molar-refractivity contribution in [1.82, 2.24) is 29.9 Å². The highest BCUT2D eigenvalue weighted by molar-refractivity contribution is 5.88. The minimum absolute atomic E-state index is 0.140. The van der Waals surface area contributed by atoms with Crippen LogP contribution in [0.3, 0.4) is 0 Å². The molecule has 3 heterocycles. The number of aryl methyl sites for hydroxylation is 3. The number of anilines is 1. The van der Waals surface area contributed by atoms with Crippen LogP contribution < -0.4 is 10.6 Å². The average molecular weight is 342 g/mol. The lowest BCUT2D eigenvalue weighted by atomic mass is 10.1. The summed E-state index contributed by atoms with van der Waals surface area (Å²) in [5.74, 6) is 2.11. The number of nitriles is 1. The lowest BCUT2D eigenvalue weighted by molar-refractivity contribution is 0.244. The largest absolute Gasteiger partial charge is 0.328 e. The number of nitrogens with zero attached hydrogens (tertiary/aromatic N) is 6. The van der Waals surface area contributed by atoms with Gasteiger partial charge in [0.2, 0.25) is 0 Å². The van der Waals surface area contributed by atoms with Crippen molar-refractivity contribution in [2.75, 3.05) is 5.32 Å². The van der Waals surface area contributed by atoms with Gasteiger partial charge in [-0.2, -0.15) is 15.5 Å². The van der Waals surface area contributed by atoms with E-state index in [4.69, 9.17) is 5.26 Å². The van der Waals surface area contributed by atoms with Gasteiger partial charge in [-0.05, 0) is 19.3 Å². The molecule has 0 unspecified atom stereocenters. The molecule has 0 saturated carbocycles. The molecule has 1 aliphatic heterocycles. The second-order valence-corrected chi connectivity index (χ2v) is 5.98. The topological polar surface area (TPSA) is 113 Å². The fourth-order valence-electron chi connectivity index (χ4n) is 2.87. The van der Waals surface area contributed by atoms with Crippen molar-refractivity contribution in [1.29, 1.82) is 5.26 Å². The van der Waals surface area contributed by atoms with E-state index < -0.39 is 0 Å². The molecule has 0 bridgehead atoms. The molecule has 2 N–H and O–H groups in total. The molecule has 25 heavy (non-hydrogen) atoms. The number of hydrogen-bond donors (Lipinski definition) is 2. The van der Waals surface area contributed by atoms with Crippen molar-refractivity contribution in [3.8, 4) is 6.07 Å². The van der Waals surface area contributed by atoms with Crippen molar-refractivity contribution >= 4 is 11.8 Å². The van der Waals surface area contributed by atoms with Gasteiger partial charge in [-0.3, -0.25) is 10.00 Å². The predicted octanol–water partition coefficient (Wildman–Crippen LogP) is 2.00. The van der Waals surface area contributed by atoms with Crippen LogP contribution in [0.5, 0.6) is 0 Å². The Morgan fingerprint density at radius 3 is 3.16 bits per heavy atom. The lowest BCUT2D eigenvalue weighted by Gasteiger charge is -2.22. The number of nitrogens with one attached hydrogen (secondary N) is 2. The summed E-state index contributed by atoms with van der Waals surface area (Å²) in [6, 6.07) is 3.40. The first-order chi connectivity index (χ1) is 12.2. The van der Waals surface area contributed by atoms with Crippen molar-refractivity contribution in [2.45, 2.75) is 58.2 Å². The summed E-state index contributed by atoms with van der Waals surface area (Å²) < 4.78 is 3.61. The van der Waals surface area contributed by atoms with Crippen LogP contribution in [0.25, 0.3) is 0 Å². The summed E-state index contributed by atoms with van der Waals surface area (Å²) in [6.45, 7) is 3.51. The highest BCUT2D eigenvalue weighted by Crippen LogP contribution is 2.23. The monoisotopic (exact) mass is 342 g/mol. The fourth-order valence-corrected chi connectivity index (χ4v) is 2.87. The zero-order valence-corrected chi connectivity index (χ0v) is 14.3. The first-order valence-corrected chi connectivity index (χ1v) is 8.61. The third kappa shape index (κ3) is 4.15. The first-order valence-electron chi connectivity index (χ1n) is 8.61. The predicted molar refractivity (Wildman–Crippen MR) is 90.6 cm³/mol. The van der Waals surface area contributed by atoms with Gasteiger partial charge in [-0.15, -0.1) is 0 Å². The minimum atomic E-state index is -0.304. The molecule has 0 aliphatic carbocycles. The van der Waals surface area contributed by atoms with Crippen LogP contribution >= 0.6 is 0 Å². The summed E-state index contributed by atoms with van der Waals surface area (Å²) in [6.07, 6.45) is 5.60. The number of fused-ring (bicyclic) bond motifs is 1. The second kappa shape index (κ2) is 7.79. The Bertz CT molecular complexity index is 771. The quantitative estimate of drug-likeness (QED) is 0.779. The van der Waals surface area contributed by atoms with E-state index in [9.17, 15) is 4.79 Å². The highest BCUT2D eigenvalue weighted by Gasteiger charge is 2.25. The van der Waals surface area contributed by atoms with Gasteiger partial charge in [-0.25, -0.2) is 14.5 Å². The van der Waals surface area contributed by atoms with Gasteiger partial charge in [0.15, 0.2) is 11.6 Å². The number of carbonyl (C=O) groups excluding carboxylic acids is 1. The van der Waals surface area contributed by atoms with E-state index in [1.807, 2.05) is 11.6 Å². The van der Waals surface area contributed by atoms with Crippen LogP contribution in [0.4, 0.5) is 10.6 Å². The van der Waals surface area contributed by atoms with Gasteiger partial charge in [0, 0.05) is 38.2 Å². The number of carbonyl (C=O) groups is 1. The molecule has 2 amide bonds. The third-order valence-electron chi connectivity index (χ3n) is 4.10. The molecule has 132 valence electrons. The molecule has 0 fully saturated rings. The minimum Gasteiger partial charge on any atom is -0.328 e. The molecule has 0 radical (unpaired) electrons. The average Bonchev–Trinajstić information content (AvgIpc) is 3.22. The lowest BCUT2D eigenvalue weighted by Crippen LogP contribution is -2.36. The van der Waals surface area contributed by atoms with Gasteiger partial charge in [0.05, 0.1) is 12.1 Å². The zero-order valence-electron chi connectivity index (χ0n) is 14.3. The van der Waals surface area contributed by atoms with Crippen molar-refractivity contribution in [3.63, 3.8) is 0 Å². The SMILES string of the molecule is CCc1nc2n(n1)CCC[C@@H]2NC(=O)Nc1ccn(CCCC#N)n1. The van der Waals surface area contributed by atoms with Crippen molar-refractivity contribution in [3.05, 3.63) is 23.9 Å². The van der Waals surface area contributed by atoms with E-state index >= 15 is 0 Å². The molecule has 0 saturated heterocycles. The van der Waals surface area contributed by atoms with Crippen LogP contribution in [-0.2, 0) is 19.5 Å². The van der Waals surface area contributed by atoms with Crippen molar-refractivity contribution in [2.24, 2.45) is 0 Å². The Labute approximate surface area is 146 Å². The Morgan fingerprint density at radius 2 is 2.36 bits per heavy atom. The maximum atomic E-state index is 12.3. The third-order valence-corrected chi connectivity index (χ3v) is 4.10. The summed E-state index contributed by atoms with van der Waals surface area (Å²) in [7, 11) is 0. The molecular formula is C16H22N8O. The van der Waals surface area contributed by atoms with E-state index in [0.29, 0.717) is 18.8 Å². The van der Waals surface area contributed by atoms with Gasteiger partial charge >= 0.3 is 6.03 Å². The van der Waals surface area contributed by atoms with Crippen LogP contribution in [-0.4, -0.2) is 30.6 Å². The molecule has 9 heteroatoms. The molecule has 1 atom stereocenters. The molecular weight excluding hydrogens is 320 g/mol. The summed E-state index contributed by atoms with van der Waals surface area (Å²) in [5.41, 5.74) is 0. The molecule has 9 nitrogen and oxygen atoms in total. The van der Waals surface area contributed by atoms with Gasteiger partial charge in [0.25, 0.3) is 0 Å². The van der Waals surface area contributed by atoms with Gasteiger partial charge < -0.3 is 5.32 Å². The molecule has 2 aromatic heterocycles. The molecule has 0 spiro atoms. The summed E-state index contributed by atoms with van der Waals surface area (Å²) in [4.78, 5) is 16.8. The first kappa shape index (κ1) is 17.0. The van der Waals surface area contributed by atoms with E-state index in [-0.39, 0.29) is 12.1 Å². The zero-order chi connectivity index (χ0) is 17.6. The smallest absolute Gasteiger partial charge is 0.321 e. The molecule has 0 aromatic carbocycles. The summed E-state index contributed by atoms with van der Waals surface area (Å²) >= 11 is 0. The van der Waals surface area contributed by atoms with Crippen LogP contribution in [0.1, 0.15) is 50.3 Å². The van der Waals surface area contributed by atoms with Crippen molar-refractivity contribution < 1.29 is 4.79 Å². The maximum Gasteiger partial charge on any atom is 0.321 e. The van der Waals surface area contributed by atoms with E-state index in [0.717, 1.165) is 43.9 Å². The fraction of sp³-hybridized carbons (Fsp3) is 0.562. The number of aromatic nitrogens is 5. The van der Waals surface area contributed by atoms with Crippen LogP contribution in [0.15, 0.2) is 12.3 Å². The molecule has 2 aromatic rings. The number of unbranched alkanes of at least 4 members (excludes halogenated alkanes) is 1. The Kier molecular flexibility index (Phi) is 5.28. The Morgan fingerprint density at radius 1 is 1.48 bits per heavy atom. The molecule has 1 aliphatic rings. The van der Waals surface area contributed by atoms with E-state index in [2.05, 4.69) is 31.9 Å². The second-order valence-electron chi connectivity index (χ2n) is 5.98. The number of urea groups is 1. The van der Waals surface area contributed by atoms with E-state index in [1.54, 1.807) is 16.9 Å². The Hall–Kier alpha value is -2.89. The van der Waals surface area contributed by atoms with Gasteiger partial charge in [-0.1, -0.05) is 6.92 Å². The normalized spacial score (nSPS) is 16.1. The maximum absolute atomic E-state index is 12.3. The molecule has 3 rings (SSSR count). The van der Waals surface area contributed by atoms with Crippen LogP contribution in [0, 0.1) is 11.3 Å². The number of rotatable bonds is 6. The summed E-state index contributed by atoms with van der Waals surface area (Å²) in [5, 5.41) is 23.0. The number of hydrogen-bond acceptors (Lipinski definition) is 5. The Balaban J connectivity index is 1.57. The van der Waals surface area contributed by atoms with E-state index in [1.165, 1.54) is 0 Å². The number of amides is 2. The van der Waals surface area contributed by atoms with Gasteiger partial charge in [0.1, 0.15) is 5.82 Å². The standard InChI is InChI=1S/C16H22N8O/c1-2-13-19-15-12(6-5-10-24(15)22-13)18-16(25)20-14-7-11-23(21-14)9-4-3-8-17/h7,11-12H,2-6,9-10H2,1H3,(H2,18,20,21,25)/t12-/m0/s1.